The van der Waals surface area contributed by atoms with Crippen LogP contribution < -0.4 is 5.32 Å². The predicted octanol–water partition coefficient (Wildman–Crippen LogP) is 11.8. The van der Waals surface area contributed by atoms with Crippen LogP contribution in [-0.2, 0) is 5.41 Å². The van der Waals surface area contributed by atoms with E-state index in [1.54, 1.807) is 0 Å². The van der Waals surface area contributed by atoms with Gasteiger partial charge in [-0.2, -0.15) is 0 Å². The molecule has 212 valence electrons. The molecule has 0 spiro atoms. The maximum atomic E-state index is 3.64. The van der Waals surface area contributed by atoms with Crippen molar-refractivity contribution in [3.05, 3.63) is 192 Å². The molecule has 2 heteroatoms. The smallest absolute Gasteiger partial charge is 0.0713 e. The van der Waals surface area contributed by atoms with Crippen LogP contribution in [0.2, 0.25) is 0 Å². The topological polar surface area (TPSA) is 12.0 Å². The number of benzene rings is 7. The second-order valence-corrected chi connectivity index (χ2v) is 12.9. The fourth-order valence-corrected chi connectivity index (χ4v) is 8.42. The van der Waals surface area contributed by atoms with E-state index < -0.39 is 0 Å². The first-order valence-corrected chi connectivity index (χ1v) is 16.2. The van der Waals surface area contributed by atoms with E-state index in [-0.39, 0.29) is 5.41 Å². The molecule has 0 radical (unpaired) electrons. The molecule has 1 aliphatic rings. The molecule has 45 heavy (non-hydrogen) atoms. The Kier molecular flexibility index (Phi) is 5.97. The van der Waals surface area contributed by atoms with Gasteiger partial charge in [-0.15, -0.1) is 11.3 Å². The Morgan fingerprint density at radius 3 is 1.64 bits per heavy atom. The summed E-state index contributed by atoms with van der Waals surface area (Å²) < 4.78 is 2.67. The van der Waals surface area contributed by atoms with Gasteiger partial charge in [-0.05, 0) is 87.0 Å². The van der Waals surface area contributed by atoms with Crippen molar-refractivity contribution in [2.24, 2.45) is 0 Å². The van der Waals surface area contributed by atoms with Crippen molar-refractivity contribution in [1.29, 1.82) is 0 Å². The van der Waals surface area contributed by atoms with Gasteiger partial charge in [0.1, 0.15) is 0 Å². The maximum absolute atomic E-state index is 3.64. The number of fused-ring (bicyclic) bond motifs is 6. The highest BCUT2D eigenvalue weighted by Gasteiger charge is 2.45. The normalized spacial score (nSPS) is 13.1. The molecule has 1 aliphatic carbocycles. The van der Waals surface area contributed by atoms with E-state index in [1.807, 2.05) is 11.3 Å². The van der Waals surface area contributed by atoms with Crippen LogP contribution in [0.5, 0.6) is 0 Å². The van der Waals surface area contributed by atoms with Gasteiger partial charge in [0.2, 0.25) is 0 Å². The highest BCUT2D eigenvalue weighted by atomic mass is 32.1. The summed E-state index contributed by atoms with van der Waals surface area (Å²) in [7, 11) is 0. The van der Waals surface area contributed by atoms with Gasteiger partial charge in [0.25, 0.3) is 0 Å². The minimum atomic E-state index is -0.372. The zero-order valence-electron chi connectivity index (χ0n) is 24.6. The second-order valence-electron chi connectivity index (χ2n) is 11.8. The van der Waals surface area contributed by atoms with E-state index in [1.165, 1.54) is 64.7 Å². The first-order chi connectivity index (χ1) is 22.3. The third-order valence-electron chi connectivity index (χ3n) is 9.36. The lowest BCUT2D eigenvalue weighted by Gasteiger charge is -2.34. The number of hydrogen-bond donors (Lipinski definition) is 1. The summed E-state index contributed by atoms with van der Waals surface area (Å²) in [5.74, 6) is 0. The Hall–Kier alpha value is -5.44. The van der Waals surface area contributed by atoms with Crippen LogP contribution in [0, 0.1) is 0 Å². The molecule has 9 rings (SSSR count). The largest absolute Gasteiger partial charge is 0.356 e. The molecule has 1 nitrogen and oxygen atoms in total. The first-order valence-electron chi connectivity index (χ1n) is 15.4. The third kappa shape index (κ3) is 4.07. The van der Waals surface area contributed by atoms with Gasteiger partial charge in [0.15, 0.2) is 0 Å². The molecule has 7 aromatic carbocycles. The van der Waals surface area contributed by atoms with E-state index in [4.69, 9.17) is 0 Å². The summed E-state index contributed by atoms with van der Waals surface area (Å²) in [5.41, 5.74) is 12.1. The molecular formula is C43H29NS. The van der Waals surface area contributed by atoms with Crippen molar-refractivity contribution in [3.8, 4) is 22.3 Å². The summed E-state index contributed by atoms with van der Waals surface area (Å²) in [4.78, 5) is 0. The van der Waals surface area contributed by atoms with Crippen LogP contribution in [0.25, 0.3) is 42.4 Å². The monoisotopic (exact) mass is 591 g/mol. The predicted molar refractivity (Wildman–Crippen MR) is 192 cm³/mol. The second kappa shape index (κ2) is 10.3. The number of anilines is 2. The lowest BCUT2D eigenvalue weighted by molar-refractivity contribution is 0.768. The zero-order valence-corrected chi connectivity index (χ0v) is 25.4. The van der Waals surface area contributed by atoms with E-state index in [9.17, 15) is 0 Å². The number of hydrogen-bond acceptors (Lipinski definition) is 2. The first kappa shape index (κ1) is 26.0. The highest BCUT2D eigenvalue weighted by Crippen LogP contribution is 2.56. The molecule has 0 atom stereocenters. The van der Waals surface area contributed by atoms with Gasteiger partial charge >= 0.3 is 0 Å². The molecule has 0 amide bonds. The molecule has 0 saturated heterocycles. The third-order valence-corrected chi connectivity index (χ3v) is 10.5. The summed E-state index contributed by atoms with van der Waals surface area (Å²) in [5, 5.41) is 6.31. The maximum Gasteiger partial charge on any atom is 0.0713 e. The lowest BCUT2D eigenvalue weighted by Crippen LogP contribution is -2.28. The van der Waals surface area contributed by atoms with Crippen LogP contribution in [0.15, 0.2) is 170 Å². The van der Waals surface area contributed by atoms with Gasteiger partial charge < -0.3 is 5.32 Å². The molecule has 8 aromatic rings. The molecule has 0 unspecified atom stereocenters. The Balaban J connectivity index is 1.05. The van der Waals surface area contributed by atoms with Crippen molar-refractivity contribution in [2.45, 2.75) is 5.41 Å². The van der Waals surface area contributed by atoms with Gasteiger partial charge in [-0.1, -0.05) is 127 Å². The van der Waals surface area contributed by atoms with Crippen LogP contribution >= 0.6 is 11.3 Å². The average Bonchev–Trinajstić information content (AvgIpc) is 3.63. The fraction of sp³-hybridized carbons (Fsp3) is 0.0233. The standard InChI is InChI=1S/C43H29NS/c1-2-10-31(11-3-1)43(39-15-7-4-12-35(39)36-13-5-8-16-40(36)43)32-21-25-34(26-22-32)44-33-23-18-29(19-24-33)30-20-27-42-38(28-30)37-14-6-9-17-41(37)45-42/h1-28,44H. The Labute approximate surface area is 267 Å². The quantitative estimate of drug-likeness (QED) is 0.210. The van der Waals surface area contributed by atoms with Crippen molar-refractivity contribution in [2.75, 3.05) is 5.32 Å². The number of nitrogens with one attached hydrogen (secondary N) is 1. The zero-order chi connectivity index (χ0) is 29.8. The summed E-state index contributed by atoms with van der Waals surface area (Å²) in [6, 6.07) is 62.0. The molecule has 0 aliphatic heterocycles. The molecule has 1 heterocycles. The number of thiophene rings is 1. The van der Waals surface area contributed by atoms with Gasteiger partial charge in [0.05, 0.1) is 5.41 Å². The Morgan fingerprint density at radius 2 is 0.933 bits per heavy atom. The van der Waals surface area contributed by atoms with Crippen LogP contribution in [0.4, 0.5) is 11.4 Å². The van der Waals surface area contributed by atoms with Gasteiger partial charge in [0, 0.05) is 31.5 Å². The summed E-state index contributed by atoms with van der Waals surface area (Å²) >= 11 is 1.86. The SMILES string of the molecule is c1ccc(C2(c3ccc(Nc4ccc(-c5ccc6sc7ccccc7c6c5)cc4)cc3)c3ccccc3-c3ccccc32)cc1. The average molecular weight is 592 g/mol. The summed E-state index contributed by atoms with van der Waals surface area (Å²) in [6.07, 6.45) is 0. The van der Waals surface area contributed by atoms with E-state index in [2.05, 4.69) is 175 Å². The fourth-order valence-electron chi connectivity index (χ4n) is 7.33. The highest BCUT2D eigenvalue weighted by molar-refractivity contribution is 7.25. The van der Waals surface area contributed by atoms with Crippen LogP contribution in [0.1, 0.15) is 22.3 Å². The molecule has 0 saturated carbocycles. The molecular weight excluding hydrogens is 563 g/mol. The van der Waals surface area contributed by atoms with Gasteiger partial charge in [-0.3, -0.25) is 0 Å². The Bertz CT molecular complexity index is 2280. The van der Waals surface area contributed by atoms with Gasteiger partial charge in [-0.25, -0.2) is 0 Å². The minimum Gasteiger partial charge on any atom is -0.356 e. The molecule has 1 aromatic heterocycles. The lowest BCUT2D eigenvalue weighted by atomic mass is 9.68. The Morgan fingerprint density at radius 1 is 0.400 bits per heavy atom. The van der Waals surface area contributed by atoms with E-state index >= 15 is 0 Å². The van der Waals surface area contributed by atoms with Crippen molar-refractivity contribution in [3.63, 3.8) is 0 Å². The van der Waals surface area contributed by atoms with E-state index in [0.717, 1.165) is 11.4 Å². The van der Waals surface area contributed by atoms with Crippen LogP contribution in [0.3, 0.4) is 0 Å². The van der Waals surface area contributed by atoms with Crippen molar-refractivity contribution < 1.29 is 0 Å². The van der Waals surface area contributed by atoms with E-state index in [0.29, 0.717) is 0 Å². The summed E-state index contributed by atoms with van der Waals surface area (Å²) in [6.45, 7) is 0. The number of rotatable bonds is 5. The van der Waals surface area contributed by atoms with Crippen molar-refractivity contribution >= 4 is 42.9 Å². The van der Waals surface area contributed by atoms with Crippen molar-refractivity contribution in [1.82, 2.24) is 0 Å². The molecule has 0 fully saturated rings. The minimum absolute atomic E-state index is 0.372. The van der Waals surface area contributed by atoms with Crippen LogP contribution in [-0.4, -0.2) is 0 Å². The molecule has 0 bridgehead atoms. The molecule has 1 N–H and O–H groups in total.